The molecule has 1 atom stereocenters. The molecule has 110 valence electrons. The van der Waals surface area contributed by atoms with Gasteiger partial charge in [-0.1, -0.05) is 11.8 Å². The summed E-state index contributed by atoms with van der Waals surface area (Å²) in [5.41, 5.74) is 0.517. The van der Waals surface area contributed by atoms with Gasteiger partial charge >= 0.3 is 5.97 Å². The molecule has 0 radical (unpaired) electrons. The third kappa shape index (κ3) is 3.52. The Bertz CT molecular complexity index is 516. The van der Waals surface area contributed by atoms with Gasteiger partial charge in [-0.15, -0.1) is 11.3 Å². The van der Waals surface area contributed by atoms with E-state index >= 15 is 0 Å². The van der Waals surface area contributed by atoms with Crippen molar-refractivity contribution in [2.75, 3.05) is 12.3 Å². The number of carbonyl (C=O) groups excluding carboxylic acids is 1. The summed E-state index contributed by atoms with van der Waals surface area (Å²) < 4.78 is 0.651. The Balaban J connectivity index is 1.93. The first-order valence-corrected chi connectivity index (χ1v) is 8.42. The summed E-state index contributed by atoms with van der Waals surface area (Å²) in [6.07, 6.45) is 3.32. The molecule has 2 heterocycles. The lowest BCUT2D eigenvalue weighted by Gasteiger charge is -2.33. The number of nitrogens with zero attached hydrogens (tertiary/aromatic N) is 2. The molecular weight excluding hydrogens is 296 g/mol. The predicted octanol–water partition coefficient (Wildman–Crippen LogP) is 2.64. The topological polar surface area (TPSA) is 70.5 Å². The van der Waals surface area contributed by atoms with Gasteiger partial charge in [-0.3, -0.25) is 4.79 Å². The maximum absolute atomic E-state index is 12.2. The summed E-state index contributed by atoms with van der Waals surface area (Å²) >= 11 is 2.47. The first-order valence-electron chi connectivity index (χ1n) is 6.62. The molecule has 0 spiro atoms. The van der Waals surface area contributed by atoms with E-state index in [0.29, 0.717) is 21.8 Å². The molecule has 1 amide bonds. The number of hydrogen-bond donors (Lipinski definition) is 1. The van der Waals surface area contributed by atoms with Gasteiger partial charge in [-0.2, -0.15) is 0 Å². The number of rotatable bonds is 4. The molecule has 0 saturated carbocycles. The molecule has 1 saturated heterocycles. The van der Waals surface area contributed by atoms with Gasteiger partial charge < -0.3 is 10.0 Å². The molecule has 1 aliphatic heterocycles. The normalized spacial score (nSPS) is 19.1. The van der Waals surface area contributed by atoms with Crippen LogP contribution in [0.25, 0.3) is 0 Å². The van der Waals surface area contributed by atoms with Crippen molar-refractivity contribution in [1.82, 2.24) is 9.88 Å². The highest BCUT2D eigenvalue weighted by atomic mass is 32.2. The molecule has 1 aliphatic rings. The minimum absolute atomic E-state index is 0.118. The summed E-state index contributed by atoms with van der Waals surface area (Å²) in [5.74, 6) is -0.508. The number of thiazole rings is 1. The molecular formula is C13H18N2O3S2. The van der Waals surface area contributed by atoms with E-state index < -0.39 is 5.97 Å². The zero-order valence-corrected chi connectivity index (χ0v) is 13.2. The van der Waals surface area contributed by atoms with Crippen LogP contribution in [0.5, 0.6) is 0 Å². The summed E-state index contributed by atoms with van der Waals surface area (Å²) in [6.45, 7) is 4.59. The maximum atomic E-state index is 12.2. The molecule has 20 heavy (non-hydrogen) atoms. The van der Waals surface area contributed by atoms with Gasteiger partial charge in [-0.05, 0) is 33.1 Å². The quantitative estimate of drug-likeness (QED) is 0.865. The van der Waals surface area contributed by atoms with E-state index in [1.165, 1.54) is 18.2 Å². The minimum Gasteiger partial charge on any atom is -0.477 e. The smallest absolute Gasteiger partial charge is 0.347 e. The average molecular weight is 314 g/mol. The zero-order chi connectivity index (χ0) is 14.7. The largest absolute Gasteiger partial charge is 0.477 e. The summed E-state index contributed by atoms with van der Waals surface area (Å²) in [4.78, 5) is 29.5. The van der Waals surface area contributed by atoms with Crippen molar-refractivity contribution in [3.8, 4) is 0 Å². The van der Waals surface area contributed by atoms with Gasteiger partial charge in [0, 0.05) is 12.6 Å². The van der Waals surface area contributed by atoms with Gasteiger partial charge in [0.1, 0.15) is 4.88 Å². The fourth-order valence-corrected chi connectivity index (χ4v) is 4.22. The maximum Gasteiger partial charge on any atom is 0.347 e. The van der Waals surface area contributed by atoms with Gasteiger partial charge in [0.25, 0.3) is 0 Å². The van der Waals surface area contributed by atoms with Crippen molar-refractivity contribution in [2.24, 2.45) is 0 Å². The van der Waals surface area contributed by atoms with E-state index in [2.05, 4.69) is 11.9 Å². The summed E-state index contributed by atoms with van der Waals surface area (Å²) in [7, 11) is 0. The van der Waals surface area contributed by atoms with Gasteiger partial charge in [0.05, 0.1) is 11.4 Å². The molecule has 1 unspecified atom stereocenters. The molecule has 7 heteroatoms. The van der Waals surface area contributed by atoms with E-state index in [1.54, 1.807) is 6.92 Å². The van der Waals surface area contributed by atoms with Crippen molar-refractivity contribution in [3.05, 3.63) is 10.6 Å². The van der Waals surface area contributed by atoms with Crippen LogP contribution in [0.1, 0.15) is 41.6 Å². The Kier molecular flexibility index (Phi) is 5.04. The second kappa shape index (κ2) is 6.58. The van der Waals surface area contributed by atoms with E-state index in [4.69, 9.17) is 5.11 Å². The highest BCUT2D eigenvalue weighted by molar-refractivity contribution is 8.01. The Labute approximate surface area is 126 Å². The van der Waals surface area contributed by atoms with E-state index in [0.717, 1.165) is 30.7 Å². The number of carboxylic acid groups (broad SMARTS) is 1. The summed E-state index contributed by atoms with van der Waals surface area (Å²) in [6, 6.07) is 0.310. The van der Waals surface area contributed by atoms with Gasteiger partial charge in [0.2, 0.25) is 5.91 Å². The Morgan fingerprint density at radius 2 is 2.25 bits per heavy atom. The van der Waals surface area contributed by atoms with Crippen LogP contribution in [0, 0.1) is 6.92 Å². The van der Waals surface area contributed by atoms with Crippen LogP contribution >= 0.6 is 23.1 Å². The van der Waals surface area contributed by atoms with Crippen LogP contribution in [0.2, 0.25) is 0 Å². The number of carboxylic acids is 1. The second-order valence-electron chi connectivity index (χ2n) is 4.92. The number of piperidine rings is 1. The first kappa shape index (κ1) is 15.3. The van der Waals surface area contributed by atoms with Crippen LogP contribution in [0.4, 0.5) is 0 Å². The van der Waals surface area contributed by atoms with Crippen molar-refractivity contribution in [2.45, 2.75) is 43.5 Å². The number of carbonyl (C=O) groups is 2. The molecule has 0 bridgehead atoms. The molecule has 0 aliphatic carbocycles. The van der Waals surface area contributed by atoms with E-state index in [1.807, 2.05) is 4.90 Å². The number of amides is 1. The lowest BCUT2D eigenvalue weighted by Crippen LogP contribution is -2.42. The third-order valence-corrected chi connectivity index (χ3v) is 5.69. The Hall–Kier alpha value is -1.08. The lowest BCUT2D eigenvalue weighted by molar-refractivity contribution is -0.131. The molecule has 1 N–H and O–H groups in total. The number of hydrogen-bond acceptors (Lipinski definition) is 5. The third-order valence-electron chi connectivity index (χ3n) is 3.41. The van der Waals surface area contributed by atoms with Crippen molar-refractivity contribution < 1.29 is 14.7 Å². The van der Waals surface area contributed by atoms with Crippen LogP contribution in [-0.2, 0) is 4.79 Å². The molecule has 1 aromatic rings. The van der Waals surface area contributed by atoms with Crippen molar-refractivity contribution >= 4 is 35.0 Å². The number of aryl methyl sites for hydroxylation is 1. The molecule has 2 rings (SSSR count). The van der Waals surface area contributed by atoms with Crippen LogP contribution < -0.4 is 0 Å². The number of aromatic nitrogens is 1. The second-order valence-corrected chi connectivity index (χ2v) is 7.14. The van der Waals surface area contributed by atoms with Crippen LogP contribution in [0.15, 0.2) is 4.34 Å². The van der Waals surface area contributed by atoms with E-state index in [9.17, 15) is 9.59 Å². The fraction of sp³-hybridized carbons (Fsp3) is 0.615. The van der Waals surface area contributed by atoms with Crippen molar-refractivity contribution in [3.63, 3.8) is 0 Å². The van der Waals surface area contributed by atoms with E-state index in [-0.39, 0.29) is 10.8 Å². The minimum atomic E-state index is -0.956. The SMILES string of the molecule is Cc1nc(SCC(=O)N2CCCCC2C)sc1C(=O)O. The number of thioether (sulfide) groups is 1. The number of likely N-dealkylation sites (tertiary alicyclic amines) is 1. The highest BCUT2D eigenvalue weighted by Crippen LogP contribution is 2.28. The van der Waals surface area contributed by atoms with Gasteiger partial charge in [0.15, 0.2) is 4.34 Å². The number of aromatic carboxylic acids is 1. The molecule has 5 nitrogen and oxygen atoms in total. The van der Waals surface area contributed by atoms with Crippen LogP contribution in [0.3, 0.4) is 0 Å². The first-order chi connectivity index (χ1) is 9.49. The molecule has 1 aromatic heterocycles. The highest BCUT2D eigenvalue weighted by Gasteiger charge is 2.23. The predicted molar refractivity (Wildman–Crippen MR) is 79.6 cm³/mol. The molecule has 1 fully saturated rings. The Morgan fingerprint density at radius 3 is 2.85 bits per heavy atom. The summed E-state index contributed by atoms with van der Waals surface area (Å²) in [5, 5.41) is 8.98. The van der Waals surface area contributed by atoms with Crippen molar-refractivity contribution in [1.29, 1.82) is 0 Å². The van der Waals surface area contributed by atoms with Crippen LogP contribution in [-0.4, -0.2) is 45.2 Å². The zero-order valence-electron chi connectivity index (χ0n) is 11.6. The standard InChI is InChI=1S/C13H18N2O3S2/c1-8-5-3-4-6-15(8)10(16)7-19-13-14-9(2)11(20-13)12(17)18/h8H,3-7H2,1-2H3,(H,17,18). The average Bonchev–Trinajstić information content (AvgIpc) is 2.78. The van der Waals surface area contributed by atoms with Gasteiger partial charge in [-0.25, -0.2) is 9.78 Å². The monoisotopic (exact) mass is 314 g/mol. The molecule has 0 aromatic carbocycles. The lowest BCUT2D eigenvalue weighted by atomic mass is 10.0. The fourth-order valence-electron chi connectivity index (χ4n) is 2.31. The Morgan fingerprint density at radius 1 is 1.50 bits per heavy atom.